The lowest BCUT2D eigenvalue weighted by Crippen LogP contribution is -2.39. The second kappa shape index (κ2) is 5.20. The van der Waals surface area contributed by atoms with E-state index in [1.165, 1.54) is 37.6 Å². The van der Waals surface area contributed by atoms with E-state index in [2.05, 4.69) is 4.98 Å². The first-order chi connectivity index (χ1) is 9.51. The van der Waals surface area contributed by atoms with Gasteiger partial charge in [0.25, 0.3) is 5.69 Å². The lowest BCUT2D eigenvalue weighted by atomic mass is 9.75. The molecule has 0 bridgehead atoms. The van der Waals surface area contributed by atoms with Gasteiger partial charge in [0.05, 0.1) is 12.0 Å². The molecule has 0 aromatic carbocycles. The van der Waals surface area contributed by atoms with Crippen LogP contribution >= 0.6 is 0 Å². The maximum Gasteiger partial charge on any atom is 0.322 e. The van der Waals surface area contributed by atoms with Crippen molar-refractivity contribution >= 4 is 17.4 Å². The van der Waals surface area contributed by atoms with Crippen LogP contribution in [0.5, 0.6) is 0 Å². The summed E-state index contributed by atoms with van der Waals surface area (Å²) in [5.41, 5.74) is -1.65. The highest BCUT2D eigenvalue weighted by atomic mass is 16.6. The normalized spacial score (nSPS) is 21.6. The first kappa shape index (κ1) is 13.9. The molecule has 0 radical (unpaired) electrons. The van der Waals surface area contributed by atoms with Gasteiger partial charge in [0.1, 0.15) is 11.1 Å². The van der Waals surface area contributed by atoms with Crippen molar-refractivity contribution in [3.8, 4) is 0 Å². The van der Waals surface area contributed by atoms with Crippen molar-refractivity contribution < 1.29 is 19.2 Å². The van der Waals surface area contributed by atoms with Gasteiger partial charge in [-0.15, -0.1) is 0 Å². The van der Waals surface area contributed by atoms with Gasteiger partial charge in [-0.05, 0) is 18.6 Å². The average molecular weight is 276 g/mol. The maximum atomic E-state index is 12.1. The Morgan fingerprint density at radius 3 is 2.85 bits per heavy atom. The molecule has 7 heteroatoms. The third-order valence-corrected chi connectivity index (χ3v) is 3.27. The van der Waals surface area contributed by atoms with Crippen LogP contribution in [0.2, 0.25) is 0 Å². The van der Waals surface area contributed by atoms with Gasteiger partial charge in [-0.1, -0.05) is 6.08 Å². The molecule has 0 amide bonds. The lowest BCUT2D eigenvalue weighted by molar-refractivity contribution is -0.386. The number of pyridine rings is 1. The van der Waals surface area contributed by atoms with Crippen molar-refractivity contribution in [1.82, 2.24) is 4.98 Å². The van der Waals surface area contributed by atoms with Crippen molar-refractivity contribution in [3.63, 3.8) is 0 Å². The summed E-state index contributed by atoms with van der Waals surface area (Å²) in [6.07, 6.45) is 4.18. The molecular formula is C13H12N2O5. The zero-order valence-electron chi connectivity index (χ0n) is 10.7. The number of allylic oxidation sites excluding steroid dienone is 1. The van der Waals surface area contributed by atoms with Crippen molar-refractivity contribution in [3.05, 3.63) is 46.3 Å². The Balaban J connectivity index is 2.65. The summed E-state index contributed by atoms with van der Waals surface area (Å²) < 4.78 is 4.75. The fraction of sp³-hybridized carbons (Fsp3) is 0.308. The zero-order chi connectivity index (χ0) is 14.8. The molecule has 0 spiro atoms. The quantitative estimate of drug-likeness (QED) is 0.469. The molecule has 1 unspecified atom stereocenters. The zero-order valence-corrected chi connectivity index (χ0v) is 10.7. The minimum absolute atomic E-state index is 0.000556. The number of hydrogen-bond donors (Lipinski definition) is 0. The van der Waals surface area contributed by atoms with Gasteiger partial charge >= 0.3 is 5.97 Å². The third kappa shape index (κ3) is 2.18. The number of ether oxygens (including phenoxy) is 1. The molecule has 0 saturated heterocycles. The molecule has 0 saturated carbocycles. The first-order valence-electron chi connectivity index (χ1n) is 5.91. The van der Waals surface area contributed by atoms with Gasteiger partial charge in [-0.25, -0.2) is 0 Å². The van der Waals surface area contributed by atoms with Crippen molar-refractivity contribution in [2.75, 3.05) is 7.11 Å². The van der Waals surface area contributed by atoms with E-state index in [-0.39, 0.29) is 30.0 Å². The van der Waals surface area contributed by atoms with Crippen LogP contribution in [-0.2, 0) is 19.7 Å². The van der Waals surface area contributed by atoms with Gasteiger partial charge < -0.3 is 4.74 Å². The van der Waals surface area contributed by atoms with Gasteiger partial charge in [0, 0.05) is 18.7 Å². The smallest absolute Gasteiger partial charge is 0.322 e. The minimum atomic E-state index is -1.38. The average Bonchev–Trinajstić information content (AvgIpc) is 2.47. The molecule has 7 nitrogen and oxygen atoms in total. The Kier molecular flexibility index (Phi) is 3.60. The van der Waals surface area contributed by atoms with Crippen LogP contribution in [0.4, 0.5) is 5.69 Å². The second-order valence-corrected chi connectivity index (χ2v) is 4.39. The molecule has 1 heterocycles. The minimum Gasteiger partial charge on any atom is -0.468 e. The van der Waals surface area contributed by atoms with Gasteiger partial charge in [0.15, 0.2) is 5.78 Å². The number of rotatable bonds is 3. The van der Waals surface area contributed by atoms with Crippen LogP contribution in [0.1, 0.15) is 18.5 Å². The summed E-state index contributed by atoms with van der Waals surface area (Å²) >= 11 is 0. The Morgan fingerprint density at radius 2 is 2.30 bits per heavy atom. The molecule has 1 aliphatic rings. The lowest BCUT2D eigenvalue weighted by Gasteiger charge is -2.28. The summed E-state index contributed by atoms with van der Waals surface area (Å²) in [7, 11) is 1.20. The Labute approximate surface area is 114 Å². The molecule has 1 aromatic rings. The Hall–Kier alpha value is -2.57. The predicted octanol–water partition coefficient (Wildman–Crippen LogP) is 1.32. The number of aromatic nitrogens is 1. The van der Waals surface area contributed by atoms with Crippen LogP contribution in [0.15, 0.2) is 30.5 Å². The van der Waals surface area contributed by atoms with Crippen LogP contribution in [0.25, 0.3) is 0 Å². The second-order valence-electron chi connectivity index (χ2n) is 4.39. The van der Waals surface area contributed by atoms with Crippen molar-refractivity contribution in [2.24, 2.45) is 0 Å². The van der Waals surface area contributed by atoms with Crippen molar-refractivity contribution in [1.29, 1.82) is 0 Å². The largest absolute Gasteiger partial charge is 0.468 e. The summed E-state index contributed by atoms with van der Waals surface area (Å²) in [5.74, 6) is -0.800. The van der Waals surface area contributed by atoms with E-state index < -0.39 is 16.3 Å². The SMILES string of the molecule is COC(=O)C1(c2ncccc2[N+](=O)[O-])C=CC(=O)CC1. The van der Waals surface area contributed by atoms with E-state index in [1.54, 1.807) is 0 Å². The number of ketones is 1. The number of hydrogen-bond acceptors (Lipinski definition) is 6. The third-order valence-electron chi connectivity index (χ3n) is 3.27. The fourth-order valence-corrected chi connectivity index (χ4v) is 2.26. The number of methoxy groups -OCH3 is 1. The Bertz CT molecular complexity index is 611. The fourth-order valence-electron chi connectivity index (χ4n) is 2.26. The molecule has 1 aliphatic carbocycles. The summed E-state index contributed by atoms with van der Waals surface area (Å²) in [6.45, 7) is 0. The summed E-state index contributed by atoms with van der Waals surface area (Å²) in [4.78, 5) is 37.9. The molecule has 0 N–H and O–H groups in total. The van der Waals surface area contributed by atoms with Gasteiger partial charge in [0.2, 0.25) is 0 Å². The first-order valence-corrected chi connectivity index (χ1v) is 5.91. The number of esters is 1. The van der Waals surface area contributed by atoms with Crippen LogP contribution in [0.3, 0.4) is 0 Å². The predicted molar refractivity (Wildman–Crippen MR) is 68.0 cm³/mol. The standard InChI is InChI=1S/C13H12N2O5/c1-20-12(17)13(6-4-9(16)5-7-13)11-10(15(18)19)3-2-8-14-11/h2-4,6,8H,5,7H2,1H3. The molecule has 0 fully saturated rings. The molecule has 104 valence electrons. The molecule has 1 atom stereocenters. The highest BCUT2D eigenvalue weighted by Crippen LogP contribution is 2.38. The number of nitro groups is 1. The van der Waals surface area contributed by atoms with Crippen LogP contribution < -0.4 is 0 Å². The highest BCUT2D eigenvalue weighted by Gasteiger charge is 2.46. The number of carbonyl (C=O) groups is 2. The monoisotopic (exact) mass is 276 g/mol. The molecule has 1 aromatic heterocycles. The topological polar surface area (TPSA) is 99.4 Å². The van der Waals surface area contributed by atoms with E-state index in [0.29, 0.717) is 0 Å². The molecular weight excluding hydrogens is 264 g/mol. The van der Waals surface area contributed by atoms with E-state index in [0.717, 1.165) is 0 Å². The summed E-state index contributed by atoms with van der Waals surface area (Å²) in [5, 5.41) is 11.1. The van der Waals surface area contributed by atoms with E-state index in [1.807, 2.05) is 0 Å². The number of carbonyl (C=O) groups excluding carboxylic acids is 2. The van der Waals surface area contributed by atoms with Gasteiger partial charge in [-0.3, -0.25) is 24.7 Å². The summed E-state index contributed by atoms with van der Waals surface area (Å²) in [6, 6.07) is 2.70. The molecule has 0 aliphatic heterocycles. The molecule has 20 heavy (non-hydrogen) atoms. The Morgan fingerprint density at radius 1 is 1.55 bits per heavy atom. The maximum absolute atomic E-state index is 12.1. The van der Waals surface area contributed by atoms with E-state index >= 15 is 0 Å². The number of nitrogens with zero attached hydrogens (tertiary/aromatic N) is 2. The van der Waals surface area contributed by atoms with E-state index in [9.17, 15) is 19.7 Å². The highest BCUT2D eigenvalue weighted by molar-refractivity contribution is 5.96. The van der Waals surface area contributed by atoms with Crippen molar-refractivity contribution in [2.45, 2.75) is 18.3 Å². The molecule has 2 rings (SSSR count). The van der Waals surface area contributed by atoms with Crippen LogP contribution in [0, 0.1) is 10.1 Å². The van der Waals surface area contributed by atoms with Crippen LogP contribution in [-0.4, -0.2) is 28.8 Å². The van der Waals surface area contributed by atoms with Gasteiger partial charge in [-0.2, -0.15) is 0 Å². The van der Waals surface area contributed by atoms with E-state index in [4.69, 9.17) is 4.74 Å².